The minimum Gasteiger partial charge on any atom is -0.464 e. The molecule has 2 aromatic rings. The molecule has 2 rings (SSSR count). The van der Waals surface area contributed by atoms with Crippen molar-refractivity contribution < 1.29 is 18.4 Å². The molecule has 1 aromatic carbocycles. The number of hydrogen-bond acceptors (Lipinski definition) is 3. The molecule has 7 heteroatoms. The number of nitrogens with zero attached hydrogens (tertiary/aromatic N) is 1. The predicted molar refractivity (Wildman–Crippen MR) is 89.0 cm³/mol. The van der Waals surface area contributed by atoms with Crippen LogP contribution in [0.4, 0.5) is 14.9 Å². The molecule has 0 aliphatic heterocycles. The van der Waals surface area contributed by atoms with Crippen molar-refractivity contribution in [1.82, 2.24) is 10.2 Å². The first-order valence-electron chi connectivity index (χ1n) is 7.49. The molecule has 1 heterocycles. The van der Waals surface area contributed by atoms with Gasteiger partial charge in [0.05, 0.1) is 17.9 Å². The fourth-order valence-corrected chi connectivity index (χ4v) is 2.25. The molecule has 0 aliphatic rings. The zero-order chi connectivity index (χ0) is 17.7. The second-order valence-electron chi connectivity index (χ2n) is 5.50. The largest absolute Gasteiger partial charge is 0.464 e. The molecule has 0 radical (unpaired) electrons. The van der Waals surface area contributed by atoms with Crippen LogP contribution in [-0.4, -0.2) is 37.5 Å². The molecule has 1 atom stereocenters. The van der Waals surface area contributed by atoms with Crippen molar-refractivity contribution in [2.24, 2.45) is 5.92 Å². The number of anilines is 1. The zero-order valence-corrected chi connectivity index (χ0v) is 13.8. The van der Waals surface area contributed by atoms with E-state index < -0.39 is 11.8 Å². The van der Waals surface area contributed by atoms with E-state index in [9.17, 15) is 14.0 Å². The molecule has 128 valence electrons. The van der Waals surface area contributed by atoms with Gasteiger partial charge in [0.1, 0.15) is 11.6 Å². The summed E-state index contributed by atoms with van der Waals surface area (Å²) in [6.07, 6.45) is 1.52. The van der Waals surface area contributed by atoms with Gasteiger partial charge in [-0.2, -0.15) is 0 Å². The molecule has 6 nitrogen and oxygen atoms in total. The van der Waals surface area contributed by atoms with E-state index in [1.165, 1.54) is 30.3 Å². The molecule has 24 heavy (non-hydrogen) atoms. The first-order valence-corrected chi connectivity index (χ1v) is 7.49. The first kappa shape index (κ1) is 17.5. The number of halogens is 1. The summed E-state index contributed by atoms with van der Waals surface area (Å²) >= 11 is 0. The van der Waals surface area contributed by atoms with Crippen molar-refractivity contribution in [3.8, 4) is 11.3 Å². The van der Waals surface area contributed by atoms with Crippen LogP contribution >= 0.6 is 0 Å². The highest BCUT2D eigenvalue weighted by Gasteiger charge is 2.18. The third-order valence-electron chi connectivity index (χ3n) is 3.60. The van der Waals surface area contributed by atoms with Crippen molar-refractivity contribution in [3.05, 3.63) is 42.4 Å². The summed E-state index contributed by atoms with van der Waals surface area (Å²) in [6.45, 7) is 1.92. The van der Waals surface area contributed by atoms with E-state index in [2.05, 4.69) is 10.6 Å². The Hall–Kier alpha value is -2.83. The number of carbonyl (C=O) groups excluding carboxylic acids is 2. The summed E-state index contributed by atoms with van der Waals surface area (Å²) in [6, 6.07) is 7.31. The second kappa shape index (κ2) is 7.63. The monoisotopic (exact) mass is 333 g/mol. The smallest absolute Gasteiger partial charge is 0.321 e. The molecule has 2 N–H and O–H groups in total. The Morgan fingerprint density at radius 3 is 2.71 bits per heavy atom. The van der Waals surface area contributed by atoms with Crippen LogP contribution in [0.3, 0.4) is 0 Å². The normalized spacial score (nSPS) is 11.7. The highest BCUT2D eigenvalue weighted by atomic mass is 19.1. The topological polar surface area (TPSA) is 74.6 Å². The summed E-state index contributed by atoms with van der Waals surface area (Å²) < 4.78 is 19.2. The minimum absolute atomic E-state index is 0.0494. The van der Waals surface area contributed by atoms with Crippen molar-refractivity contribution in [3.63, 3.8) is 0 Å². The Morgan fingerprint density at radius 2 is 2.08 bits per heavy atom. The Labute approximate surface area is 139 Å². The molecule has 1 aromatic heterocycles. The lowest BCUT2D eigenvalue weighted by Crippen LogP contribution is -2.39. The average Bonchev–Trinajstić information content (AvgIpc) is 3.10. The Balaban J connectivity index is 2.08. The zero-order valence-electron chi connectivity index (χ0n) is 13.8. The van der Waals surface area contributed by atoms with Crippen LogP contribution in [0.5, 0.6) is 0 Å². The Bertz CT molecular complexity index is 716. The van der Waals surface area contributed by atoms with Gasteiger partial charge in [-0.1, -0.05) is 6.92 Å². The fourth-order valence-electron chi connectivity index (χ4n) is 2.25. The average molecular weight is 333 g/mol. The van der Waals surface area contributed by atoms with Gasteiger partial charge in [0.2, 0.25) is 5.91 Å². The van der Waals surface area contributed by atoms with E-state index in [1.807, 2.05) is 0 Å². The highest BCUT2D eigenvalue weighted by Crippen LogP contribution is 2.25. The van der Waals surface area contributed by atoms with Gasteiger partial charge < -0.3 is 20.0 Å². The molecular formula is C17H20FN3O3. The molecule has 0 saturated heterocycles. The third-order valence-corrected chi connectivity index (χ3v) is 3.60. The Morgan fingerprint density at radius 1 is 1.33 bits per heavy atom. The number of urea groups is 1. The van der Waals surface area contributed by atoms with Gasteiger partial charge in [0, 0.05) is 26.2 Å². The van der Waals surface area contributed by atoms with Gasteiger partial charge in [0.15, 0.2) is 0 Å². The van der Waals surface area contributed by atoms with Crippen LogP contribution < -0.4 is 10.6 Å². The lowest BCUT2D eigenvalue weighted by molar-refractivity contribution is -0.124. The summed E-state index contributed by atoms with van der Waals surface area (Å²) in [7, 11) is 3.08. The van der Waals surface area contributed by atoms with Crippen molar-refractivity contribution in [2.75, 3.05) is 26.0 Å². The second-order valence-corrected chi connectivity index (χ2v) is 5.50. The molecule has 0 spiro atoms. The van der Waals surface area contributed by atoms with Crippen molar-refractivity contribution in [1.29, 1.82) is 0 Å². The molecule has 0 unspecified atom stereocenters. The third kappa shape index (κ3) is 4.13. The number of benzene rings is 1. The minimum atomic E-state index is -0.550. The highest BCUT2D eigenvalue weighted by molar-refractivity contribution is 5.90. The lowest BCUT2D eigenvalue weighted by Gasteiger charge is -2.21. The Kier molecular flexibility index (Phi) is 5.57. The van der Waals surface area contributed by atoms with Crippen LogP contribution in [0.2, 0.25) is 0 Å². The molecule has 0 bridgehead atoms. The molecule has 0 aliphatic carbocycles. The van der Waals surface area contributed by atoms with Gasteiger partial charge in [0.25, 0.3) is 0 Å². The van der Waals surface area contributed by atoms with Gasteiger partial charge in [-0.3, -0.25) is 4.79 Å². The molecule has 0 saturated carbocycles. The number of carbonyl (C=O) groups is 2. The van der Waals surface area contributed by atoms with Crippen molar-refractivity contribution >= 4 is 17.6 Å². The van der Waals surface area contributed by atoms with E-state index in [0.29, 0.717) is 11.3 Å². The van der Waals surface area contributed by atoms with E-state index in [-0.39, 0.29) is 24.1 Å². The fraction of sp³-hybridized carbons (Fsp3) is 0.294. The van der Waals surface area contributed by atoms with E-state index in [1.54, 1.807) is 32.2 Å². The first-order chi connectivity index (χ1) is 11.4. The van der Waals surface area contributed by atoms with E-state index in [4.69, 9.17) is 4.42 Å². The summed E-state index contributed by atoms with van der Waals surface area (Å²) in [4.78, 5) is 25.1. The maximum Gasteiger partial charge on any atom is 0.321 e. The van der Waals surface area contributed by atoms with Crippen LogP contribution in [0.15, 0.2) is 41.0 Å². The van der Waals surface area contributed by atoms with E-state index >= 15 is 0 Å². The SMILES string of the molecule is CNC(=O)[C@H](C)CN(C)C(=O)Nc1cc(-c2ccco2)ccc1F. The maximum absolute atomic E-state index is 14.0. The van der Waals surface area contributed by atoms with Crippen LogP contribution in [0, 0.1) is 11.7 Å². The van der Waals surface area contributed by atoms with Crippen LogP contribution in [-0.2, 0) is 4.79 Å². The van der Waals surface area contributed by atoms with Crippen LogP contribution in [0.1, 0.15) is 6.92 Å². The lowest BCUT2D eigenvalue weighted by atomic mass is 10.1. The number of furan rings is 1. The molecule has 3 amide bonds. The molecule has 0 fully saturated rings. The number of rotatable bonds is 5. The number of amides is 3. The molecular weight excluding hydrogens is 313 g/mol. The summed E-state index contributed by atoms with van der Waals surface area (Å²) in [5.41, 5.74) is 0.700. The van der Waals surface area contributed by atoms with E-state index in [0.717, 1.165) is 0 Å². The summed E-state index contributed by atoms with van der Waals surface area (Å²) in [5, 5.41) is 5.04. The standard InChI is InChI=1S/C17H20FN3O3/c1-11(16(22)19-2)10-21(3)17(23)20-14-9-12(6-7-13(14)18)15-5-4-8-24-15/h4-9,11H,10H2,1-3H3,(H,19,22)(H,20,23)/t11-/m1/s1. The van der Waals surface area contributed by atoms with Gasteiger partial charge >= 0.3 is 6.03 Å². The number of hydrogen-bond donors (Lipinski definition) is 2. The summed E-state index contributed by atoms with van der Waals surface area (Å²) in [5.74, 6) is -0.510. The number of nitrogens with one attached hydrogen (secondary N) is 2. The van der Waals surface area contributed by atoms with Gasteiger partial charge in [-0.25, -0.2) is 9.18 Å². The quantitative estimate of drug-likeness (QED) is 0.883. The van der Waals surface area contributed by atoms with Crippen molar-refractivity contribution in [2.45, 2.75) is 6.92 Å². The van der Waals surface area contributed by atoms with Crippen LogP contribution in [0.25, 0.3) is 11.3 Å². The maximum atomic E-state index is 14.0. The van der Waals surface area contributed by atoms with Gasteiger partial charge in [-0.15, -0.1) is 0 Å². The predicted octanol–water partition coefficient (Wildman–Crippen LogP) is 2.93. The van der Waals surface area contributed by atoms with Gasteiger partial charge in [-0.05, 0) is 30.3 Å².